The van der Waals surface area contributed by atoms with E-state index in [9.17, 15) is 4.79 Å². The van der Waals surface area contributed by atoms with Crippen molar-refractivity contribution in [2.45, 2.75) is 18.8 Å². The highest BCUT2D eigenvalue weighted by Gasteiger charge is 2.26. The normalized spacial score (nSPS) is 21.6. The van der Waals surface area contributed by atoms with Crippen molar-refractivity contribution >= 4 is 21.7 Å². The summed E-state index contributed by atoms with van der Waals surface area (Å²) >= 11 is 3.43. The molecule has 1 nitrogen and oxygen atoms in total. The SMILES string of the molecule is C=C1CC(c2cccc(Br)c2)CC1=O. The molecule has 1 aliphatic rings. The number of benzene rings is 1. The van der Waals surface area contributed by atoms with Gasteiger partial charge in [0.1, 0.15) is 0 Å². The summed E-state index contributed by atoms with van der Waals surface area (Å²) in [7, 11) is 0. The van der Waals surface area contributed by atoms with E-state index in [0.717, 1.165) is 16.5 Å². The van der Waals surface area contributed by atoms with E-state index in [-0.39, 0.29) is 5.78 Å². The third-order valence-electron chi connectivity index (χ3n) is 2.64. The molecule has 0 aromatic heterocycles. The molecule has 0 amide bonds. The fraction of sp³-hybridized carbons (Fsp3) is 0.250. The van der Waals surface area contributed by atoms with Gasteiger partial charge in [-0.3, -0.25) is 4.79 Å². The topological polar surface area (TPSA) is 17.1 Å². The Balaban J connectivity index is 2.25. The number of carbonyl (C=O) groups excluding carboxylic acids is 1. The summed E-state index contributed by atoms with van der Waals surface area (Å²) in [4.78, 5) is 11.3. The maximum atomic E-state index is 11.3. The van der Waals surface area contributed by atoms with E-state index < -0.39 is 0 Å². The number of rotatable bonds is 1. The minimum atomic E-state index is 0.218. The minimum Gasteiger partial charge on any atom is -0.295 e. The molecule has 1 aliphatic carbocycles. The molecule has 0 spiro atoms. The van der Waals surface area contributed by atoms with Crippen LogP contribution in [0.3, 0.4) is 0 Å². The first-order valence-corrected chi connectivity index (χ1v) is 5.42. The summed E-state index contributed by atoms with van der Waals surface area (Å²) in [5.74, 6) is 0.558. The highest BCUT2D eigenvalue weighted by molar-refractivity contribution is 9.10. The van der Waals surface area contributed by atoms with Crippen molar-refractivity contribution < 1.29 is 4.79 Å². The zero-order valence-electron chi connectivity index (χ0n) is 7.79. The Hall–Kier alpha value is -0.890. The summed E-state index contributed by atoms with van der Waals surface area (Å²) in [6.07, 6.45) is 1.44. The minimum absolute atomic E-state index is 0.218. The molecule has 1 aromatic carbocycles. The number of ketones is 1. The molecule has 0 bridgehead atoms. The lowest BCUT2D eigenvalue weighted by Crippen LogP contribution is -1.93. The Labute approximate surface area is 92.0 Å². The van der Waals surface area contributed by atoms with E-state index in [1.807, 2.05) is 12.1 Å². The molecule has 0 saturated heterocycles. The molecule has 0 heterocycles. The Morgan fingerprint density at radius 1 is 1.36 bits per heavy atom. The number of halogens is 1. The summed E-state index contributed by atoms with van der Waals surface area (Å²) in [5, 5.41) is 0. The Morgan fingerprint density at radius 2 is 2.14 bits per heavy atom. The largest absolute Gasteiger partial charge is 0.295 e. The van der Waals surface area contributed by atoms with Crippen molar-refractivity contribution in [1.82, 2.24) is 0 Å². The fourth-order valence-electron chi connectivity index (χ4n) is 1.85. The number of hydrogen-bond donors (Lipinski definition) is 0. The Morgan fingerprint density at radius 3 is 2.71 bits per heavy atom. The van der Waals surface area contributed by atoms with Gasteiger partial charge in [-0.1, -0.05) is 34.6 Å². The van der Waals surface area contributed by atoms with Gasteiger partial charge in [0.25, 0.3) is 0 Å². The van der Waals surface area contributed by atoms with Gasteiger partial charge in [-0.15, -0.1) is 0 Å². The van der Waals surface area contributed by atoms with Crippen LogP contribution in [0.1, 0.15) is 24.3 Å². The fourth-order valence-corrected chi connectivity index (χ4v) is 2.26. The van der Waals surface area contributed by atoms with Gasteiger partial charge in [0.05, 0.1) is 0 Å². The molecule has 0 N–H and O–H groups in total. The van der Waals surface area contributed by atoms with Crippen LogP contribution in [-0.4, -0.2) is 5.78 Å². The van der Waals surface area contributed by atoms with Crippen LogP contribution in [-0.2, 0) is 4.79 Å². The van der Waals surface area contributed by atoms with Crippen molar-refractivity contribution in [2.75, 3.05) is 0 Å². The van der Waals surface area contributed by atoms with Crippen LogP contribution in [0.25, 0.3) is 0 Å². The van der Waals surface area contributed by atoms with Crippen molar-refractivity contribution in [3.8, 4) is 0 Å². The first-order valence-electron chi connectivity index (χ1n) is 4.63. The third kappa shape index (κ3) is 1.80. The van der Waals surface area contributed by atoms with E-state index in [1.165, 1.54) is 5.56 Å². The highest BCUT2D eigenvalue weighted by Crippen LogP contribution is 2.35. The molecule has 2 heteroatoms. The molecule has 1 unspecified atom stereocenters. The van der Waals surface area contributed by atoms with Crippen LogP contribution in [0.5, 0.6) is 0 Å². The van der Waals surface area contributed by atoms with E-state index in [2.05, 4.69) is 34.6 Å². The van der Waals surface area contributed by atoms with E-state index in [1.54, 1.807) is 0 Å². The molecule has 1 fully saturated rings. The molecule has 0 radical (unpaired) electrons. The Kier molecular flexibility index (Phi) is 2.55. The lowest BCUT2D eigenvalue weighted by molar-refractivity contribution is -0.114. The molecule has 72 valence electrons. The van der Waals surface area contributed by atoms with Crippen LogP contribution in [0.2, 0.25) is 0 Å². The highest BCUT2D eigenvalue weighted by atomic mass is 79.9. The average molecular weight is 251 g/mol. The van der Waals surface area contributed by atoms with Gasteiger partial charge in [-0.25, -0.2) is 0 Å². The first kappa shape index (κ1) is 9.66. The van der Waals surface area contributed by atoms with Crippen LogP contribution < -0.4 is 0 Å². The third-order valence-corrected chi connectivity index (χ3v) is 3.13. The molecule has 1 saturated carbocycles. The summed E-state index contributed by atoms with van der Waals surface area (Å²) < 4.78 is 1.07. The van der Waals surface area contributed by atoms with Crippen LogP contribution in [0.15, 0.2) is 40.9 Å². The quantitative estimate of drug-likeness (QED) is 0.698. The molecular weight excluding hydrogens is 240 g/mol. The smallest absolute Gasteiger partial charge is 0.158 e. The van der Waals surface area contributed by atoms with Gasteiger partial charge in [0, 0.05) is 10.9 Å². The van der Waals surface area contributed by atoms with Gasteiger partial charge >= 0.3 is 0 Å². The van der Waals surface area contributed by atoms with E-state index >= 15 is 0 Å². The molecule has 14 heavy (non-hydrogen) atoms. The van der Waals surface area contributed by atoms with Gasteiger partial charge in [-0.05, 0) is 35.6 Å². The van der Waals surface area contributed by atoms with Crippen LogP contribution >= 0.6 is 15.9 Å². The summed E-state index contributed by atoms with van der Waals surface area (Å²) in [6, 6.07) is 8.15. The van der Waals surface area contributed by atoms with Gasteiger partial charge in [-0.2, -0.15) is 0 Å². The maximum absolute atomic E-state index is 11.3. The average Bonchev–Trinajstić information content (AvgIpc) is 2.47. The zero-order valence-corrected chi connectivity index (χ0v) is 9.38. The van der Waals surface area contributed by atoms with Gasteiger partial charge < -0.3 is 0 Å². The van der Waals surface area contributed by atoms with Crippen molar-refractivity contribution in [3.63, 3.8) is 0 Å². The number of Topliss-reactive ketones (excluding diaryl/α,β-unsaturated/α-hetero) is 1. The maximum Gasteiger partial charge on any atom is 0.158 e. The predicted molar refractivity (Wildman–Crippen MR) is 60.3 cm³/mol. The van der Waals surface area contributed by atoms with Crippen molar-refractivity contribution in [2.24, 2.45) is 0 Å². The molecule has 1 atom stereocenters. The zero-order chi connectivity index (χ0) is 10.1. The standard InChI is InChI=1S/C12H11BrO/c1-8-5-10(7-12(8)14)9-3-2-4-11(13)6-9/h2-4,6,10H,1,5,7H2. The number of hydrogen-bond acceptors (Lipinski definition) is 1. The van der Waals surface area contributed by atoms with Crippen molar-refractivity contribution in [1.29, 1.82) is 0 Å². The van der Waals surface area contributed by atoms with Crippen LogP contribution in [0, 0.1) is 0 Å². The summed E-state index contributed by atoms with van der Waals surface area (Å²) in [6.45, 7) is 3.77. The molecule has 1 aromatic rings. The van der Waals surface area contributed by atoms with E-state index in [4.69, 9.17) is 0 Å². The first-order chi connectivity index (χ1) is 6.66. The lowest BCUT2D eigenvalue weighted by Gasteiger charge is -2.07. The van der Waals surface area contributed by atoms with E-state index in [0.29, 0.717) is 12.3 Å². The second-order valence-corrected chi connectivity index (χ2v) is 4.60. The second-order valence-electron chi connectivity index (χ2n) is 3.69. The van der Waals surface area contributed by atoms with Crippen molar-refractivity contribution in [3.05, 3.63) is 46.5 Å². The van der Waals surface area contributed by atoms with Gasteiger partial charge in [0.2, 0.25) is 0 Å². The van der Waals surface area contributed by atoms with Crippen LogP contribution in [0.4, 0.5) is 0 Å². The Bertz CT molecular complexity index is 379. The second kappa shape index (κ2) is 3.70. The van der Waals surface area contributed by atoms with Gasteiger partial charge in [0.15, 0.2) is 5.78 Å². The molecule has 2 rings (SSSR count). The number of carbonyl (C=O) groups is 1. The summed E-state index contributed by atoms with van der Waals surface area (Å²) in [5.41, 5.74) is 2.00. The molecule has 0 aliphatic heterocycles. The predicted octanol–water partition coefficient (Wildman–Crippen LogP) is 3.45. The number of allylic oxidation sites excluding steroid dienone is 1. The lowest BCUT2D eigenvalue weighted by atomic mass is 9.98. The monoisotopic (exact) mass is 250 g/mol. The molecular formula is C12H11BrO.